The van der Waals surface area contributed by atoms with Crippen LogP contribution in [-0.2, 0) is 33.3 Å². The highest BCUT2D eigenvalue weighted by atomic mass is 16.2. The van der Waals surface area contributed by atoms with Crippen LogP contribution in [-0.4, -0.2) is 115 Å². The number of hydrogen-bond acceptors (Lipinski definition) is 16. The fraction of sp³-hybridized carbons (Fsp3) is 0.278. The van der Waals surface area contributed by atoms with Gasteiger partial charge in [-0.15, -0.1) is 0 Å². The fourth-order valence-electron chi connectivity index (χ4n) is 15.6. The van der Waals surface area contributed by atoms with Gasteiger partial charge in [-0.05, 0) is 156 Å². The van der Waals surface area contributed by atoms with E-state index >= 15 is 0 Å². The standard InChI is InChI=1S/2C27H29N5O.2C27H32N4O/c2*1-19-9-11-21(12-10-19)20(2)15-29-26(22-7-5-4-6-8-22)27(33)31-25-14-13-23(16-28-25)24-17-30-32(3)18-24;2*1-19-9-11-22(12-10-19)21(3)15-29-26(23-7-5-4-6-8-23)27(32)30-25-14-13-24(16-28-25)31-17-20(2)18-31/h2*4-14,16-18,20,26,29H,15H2,1-3H3,(H,28,31,33);2*4-14,16,20-21,26,29H,15,17-18H2,1-3H3,(H,28,30,32)/t2*20-,26-;2*21-,26+/m1010/s1. The molecule has 16 rings (SSSR count). The molecule has 2 aliphatic rings. The van der Waals surface area contributed by atoms with Crippen molar-refractivity contribution < 1.29 is 19.2 Å². The molecule has 4 amide bonds. The molecule has 8 atom stereocenters. The third-order valence-electron chi connectivity index (χ3n) is 23.6. The van der Waals surface area contributed by atoms with Crippen LogP contribution in [0.4, 0.5) is 34.6 Å². The van der Waals surface area contributed by atoms with Gasteiger partial charge in [0.25, 0.3) is 0 Å². The number of aromatic nitrogens is 8. The molecule has 0 radical (unpaired) electrons. The maximum atomic E-state index is 13.2. The number of pyridine rings is 4. The Balaban J connectivity index is 0.000000148. The van der Waals surface area contributed by atoms with Crippen LogP contribution < -0.4 is 52.3 Å². The van der Waals surface area contributed by atoms with Gasteiger partial charge in [0, 0.05) is 113 Å². The summed E-state index contributed by atoms with van der Waals surface area (Å²) in [6.07, 6.45) is 14.6. The Morgan fingerprint density at radius 1 is 0.292 bits per heavy atom. The van der Waals surface area contributed by atoms with E-state index in [-0.39, 0.29) is 47.3 Å². The van der Waals surface area contributed by atoms with Crippen molar-refractivity contribution in [1.29, 1.82) is 0 Å². The summed E-state index contributed by atoms with van der Waals surface area (Å²) >= 11 is 0. The summed E-state index contributed by atoms with van der Waals surface area (Å²) in [6, 6.07) is 86.9. The Hall–Kier alpha value is -13.9. The lowest BCUT2D eigenvalue weighted by molar-refractivity contribution is -0.119. The molecule has 0 aliphatic carbocycles. The quantitative estimate of drug-likeness (QED) is 0.0195. The second-order valence-electron chi connectivity index (χ2n) is 34.7. The number of nitrogens with zero attached hydrogens (tertiary/aromatic N) is 10. The van der Waals surface area contributed by atoms with Crippen molar-refractivity contribution in [1.82, 2.24) is 60.8 Å². The molecule has 2 fully saturated rings. The topological polar surface area (TPSA) is 258 Å². The first-order valence-electron chi connectivity index (χ1n) is 44.9. The molecule has 668 valence electrons. The highest BCUT2D eigenvalue weighted by Gasteiger charge is 2.29. The van der Waals surface area contributed by atoms with Gasteiger partial charge in [0.15, 0.2) is 0 Å². The Morgan fingerprint density at radius 2 is 0.531 bits per heavy atom. The number of aryl methyl sites for hydroxylation is 6. The molecule has 130 heavy (non-hydrogen) atoms. The van der Waals surface area contributed by atoms with Crippen molar-refractivity contribution >= 4 is 58.3 Å². The van der Waals surface area contributed by atoms with Crippen LogP contribution in [0.2, 0.25) is 0 Å². The summed E-state index contributed by atoms with van der Waals surface area (Å²) in [6.45, 7) is 28.5. The average Bonchev–Trinajstić information content (AvgIpc) is 1.19. The summed E-state index contributed by atoms with van der Waals surface area (Å²) in [7, 11) is 3.75. The van der Waals surface area contributed by atoms with Crippen molar-refractivity contribution in [3.05, 3.63) is 383 Å². The minimum atomic E-state index is -0.487. The van der Waals surface area contributed by atoms with Crippen molar-refractivity contribution in [2.24, 2.45) is 25.9 Å². The lowest BCUT2D eigenvalue weighted by Crippen LogP contribution is -2.45. The van der Waals surface area contributed by atoms with Gasteiger partial charge >= 0.3 is 0 Å². The van der Waals surface area contributed by atoms with E-state index in [1.165, 1.54) is 44.5 Å². The summed E-state index contributed by atoms with van der Waals surface area (Å²) in [5.74, 6) is 4.24. The normalized spacial score (nSPS) is 14.2. The number of nitrogens with one attached hydrogen (secondary N) is 8. The number of rotatable bonds is 32. The van der Waals surface area contributed by atoms with Crippen molar-refractivity contribution in [3.8, 4) is 22.3 Å². The Morgan fingerprint density at radius 3 is 0.731 bits per heavy atom. The van der Waals surface area contributed by atoms with Crippen molar-refractivity contribution in [3.63, 3.8) is 0 Å². The van der Waals surface area contributed by atoms with E-state index in [0.29, 0.717) is 49.5 Å². The van der Waals surface area contributed by atoms with E-state index in [9.17, 15) is 19.2 Å². The molecule has 8 heterocycles. The molecule has 22 nitrogen and oxygen atoms in total. The van der Waals surface area contributed by atoms with Crippen LogP contribution in [0, 0.1) is 39.5 Å². The summed E-state index contributed by atoms with van der Waals surface area (Å²) in [5.41, 5.74) is 19.7. The molecule has 22 heteroatoms. The van der Waals surface area contributed by atoms with Gasteiger partial charge in [-0.2, -0.15) is 10.2 Å². The summed E-state index contributed by atoms with van der Waals surface area (Å²) in [5, 5.41) is 34.2. The largest absolute Gasteiger partial charge is 0.370 e. The van der Waals surface area contributed by atoms with Gasteiger partial charge in [-0.3, -0.25) is 28.5 Å². The molecule has 8 aromatic carbocycles. The first-order valence-corrected chi connectivity index (χ1v) is 44.9. The average molecular weight is 1740 g/mol. The third-order valence-corrected chi connectivity index (χ3v) is 23.6. The smallest absolute Gasteiger partial charge is 0.247 e. The minimum Gasteiger partial charge on any atom is -0.370 e. The first-order chi connectivity index (χ1) is 63.0. The van der Waals surface area contributed by atoms with E-state index in [0.717, 1.165) is 93.9 Å². The lowest BCUT2D eigenvalue weighted by atomic mass is 9.98. The van der Waals surface area contributed by atoms with Crippen LogP contribution >= 0.6 is 0 Å². The predicted octanol–water partition coefficient (Wildman–Crippen LogP) is 19.6. The van der Waals surface area contributed by atoms with Gasteiger partial charge in [0.05, 0.1) is 36.2 Å². The van der Waals surface area contributed by atoms with Gasteiger partial charge < -0.3 is 52.3 Å². The number of anilines is 6. The number of benzene rings is 8. The minimum absolute atomic E-state index is 0.106. The molecule has 6 aromatic heterocycles. The Bertz CT molecular complexity index is 5480. The van der Waals surface area contributed by atoms with E-state index < -0.39 is 24.2 Å². The molecular weight excluding hydrogens is 1610 g/mol. The highest BCUT2D eigenvalue weighted by Crippen LogP contribution is 2.31. The number of amides is 4. The number of hydrogen-bond donors (Lipinski definition) is 8. The van der Waals surface area contributed by atoms with Gasteiger partial charge in [-0.1, -0.05) is 282 Å². The van der Waals surface area contributed by atoms with Gasteiger partial charge in [0.2, 0.25) is 23.6 Å². The summed E-state index contributed by atoms with van der Waals surface area (Å²) < 4.78 is 3.50. The highest BCUT2D eigenvalue weighted by molar-refractivity contribution is 5.97. The van der Waals surface area contributed by atoms with Gasteiger partial charge in [0.1, 0.15) is 47.4 Å². The summed E-state index contributed by atoms with van der Waals surface area (Å²) in [4.78, 5) is 75.3. The maximum absolute atomic E-state index is 13.2. The Kier molecular flexibility index (Phi) is 33.3. The lowest BCUT2D eigenvalue weighted by Gasteiger charge is -2.38. The second kappa shape index (κ2) is 46.2. The Labute approximate surface area is 765 Å². The maximum Gasteiger partial charge on any atom is 0.247 e. The van der Waals surface area contributed by atoms with E-state index in [1.54, 1.807) is 34.2 Å². The molecule has 0 bridgehead atoms. The molecule has 0 saturated carbocycles. The fourth-order valence-corrected chi connectivity index (χ4v) is 15.6. The molecule has 2 aliphatic heterocycles. The molecule has 14 aromatic rings. The zero-order valence-electron chi connectivity index (χ0n) is 76.6. The SMILES string of the molecule is Cc1ccc([C@@H](C)CN[C@@H](C(=O)Nc2ccc(N3CC(C)C3)cn2)c2ccccc2)cc1.Cc1ccc([C@@H](C)CN[C@H](C(=O)Nc2ccc(-c3cnn(C)c3)cn2)c2ccccc2)cc1.Cc1ccc([C@H](C)CN[C@@H](C(=O)Nc2ccc(-c3cnn(C)c3)cn2)c2ccccc2)cc1.Cc1ccc([C@H](C)CN[C@H](C(=O)Nc2ccc(N3CC(C)C3)cn2)c2ccccc2)cc1. The molecule has 8 N–H and O–H groups in total. The van der Waals surface area contributed by atoms with E-state index in [2.05, 4.69) is 249 Å². The van der Waals surface area contributed by atoms with Crippen LogP contribution in [0.3, 0.4) is 0 Å². The number of carbonyl (C=O) groups excluding carboxylic acids is 4. The van der Waals surface area contributed by atoms with Crippen LogP contribution in [0.25, 0.3) is 22.3 Å². The van der Waals surface area contributed by atoms with Gasteiger partial charge in [-0.25, -0.2) is 19.9 Å². The zero-order valence-corrected chi connectivity index (χ0v) is 76.6. The van der Waals surface area contributed by atoms with Crippen LogP contribution in [0.15, 0.2) is 316 Å². The monoisotopic (exact) mass is 1730 g/mol. The van der Waals surface area contributed by atoms with Crippen molar-refractivity contribution in [2.45, 2.75) is 117 Å². The molecule has 2 saturated heterocycles. The third kappa shape index (κ3) is 27.1. The van der Waals surface area contributed by atoms with Crippen molar-refractivity contribution in [2.75, 3.05) is 83.4 Å². The van der Waals surface area contributed by atoms with Crippen LogP contribution in [0.5, 0.6) is 0 Å². The predicted molar refractivity (Wildman–Crippen MR) is 526 cm³/mol. The molecule has 0 unspecified atom stereocenters. The molecular formula is C108H122N18O4. The molecule has 0 spiro atoms. The first kappa shape index (κ1) is 93.7. The van der Waals surface area contributed by atoms with Crippen LogP contribution in [0.1, 0.15) is 156 Å². The second-order valence-corrected chi connectivity index (χ2v) is 34.7. The van der Waals surface area contributed by atoms with E-state index in [1.807, 2.05) is 209 Å². The van der Waals surface area contributed by atoms with E-state index in [4.69, 9.17) is 0 Å². The number of carbonyl (C=O) groups is 4. The zero-order chi connectivity index (χ0) is 91.4.